The van der Waals surface area contributed by atoms with Gasteiger partial charge in [-0.2, -0.15) is 5.26 Å². The van der Waals surface area contributed by atoms with E-state index in [1.165, 1.54) is 0 Å². The summed E-state index contributed by atoms with van der Waals surface area (Å²) in [6, 6.07) is 4.35. The Hall–Kier alpha value is -1.80. The van der Waals surface area contributed by atoms with E-state index in [1.54, 1.807) is 12.3 Å². The Labute approximate surface area is 108 Å². The quantitative estimate of drug-likeness (QED) is 0.844. The van der Waals surface area contributed by atoms with Crippen molar-refractivity contribution in [3.63, 3.8) is 0 Å². The Balaban J connectivity index is 2.21. The molecule has 1 atom stereocenters. The lowest BCUT2D eigenvalue weighted by atomic mass is 10.1. The second kappa shape index (κ2) is 5.23. The van der Waals surface area contributed by atoms with E-state index in [2.05, 4.69) is 34.7 Å². The van der Waals surface area contributed by atoms with Gasteiger partial charge in [-0.25, -0.2) is 4.98 Å². The van der Waals surface area contributed by atoms with Gasteiger partial charge in [-0.15, -0.1) is 0 Å². The highest BCUT2D eigenvalue weighted by Crippen LogP contribution is 2.22. The van der Waals surface area contributed by atoms with E-state index >= 15 is 0 Å². The smallest absolute Gasteiger partial charge is 0.146 e. The first-order chi connectivity index (χ1) is 8.65. The molecule has 0 aliphatic carbocycles. The standard InChI is InChI=1S/C13H19N5/c1-3-17-4-5-18(9-10(17)2)13-11(7-14)6-12(15)8-16-13/h6,8,10H,3-5,9,15H2,1-2H3. The van der Waals surface area contributed by atoms with Crippen LogP contribution in [0.1, 0.15) is 19.4 Å². The van der Waals surface area contributed by atoms with Crippen molar-refractivity contribution in [1.82, 2.24) is 9.88 Å². The first-order valence-corrected chi connectivity index (χ1v) is 6.30. The van der Waals surface area contributed by atoms with Gasteiger partial charge < -0.3 is 10.6 Å². The average molecular weight is 245 g/mol. The molecule has 1 unspecified atom stereocenters. The van der Waals surface area contributed by atoms with Crippen molar-refractivity contribution in [1.29, 1.82) is 5.26 Å². The molecule has 2 N–H and O–H groups in total. The number of piperazine rings is 1. The van der Waals surface area contributed by atoms with Crippen LogP contribution in [0.3, 0.4) is 0 Å². The van der Waals surface area contributed by atoms with E-state index < -0.39 is 0 Å². The summed E-state index contributed by atoms with van der Waals surface area (Å²) in [5.74, 6) is 0.759. The molecular weight excluding hydrogens is 226 g/mol. The second-order valence-electron chi connectivity index (χ2n) is 4.68. The van der Waals surface area contributed by atoms with Crippen LogP contribution < -0.4 is 10.6 Å². The maximum absolute atomic E-state index is 9.15. The molecule has 2 rings (SSSR count). The third-order valence-electron chi connectivity index (χ3n) is 3.48. The van der Waals surface area contributed by atoms with Crippen LogP contribution in [0.25, 0.3) is 0 Å². The maximum Gasteiger partial charge on any atom is 0.146 e. The molecule has 0 spiro atoms. The van der Waals surface area contributed by atoms with E-state index in [9.17, 15) is 0 Å². The summed E-state index contributed by atoms with van der Waals surface area (Å²) < 4.78 is 0. The van der Waals surface area contributed by atoms with E-state index in [0.29, 0.717) is 17.3 Å². The van der Waals surface area contributed by atoms with Crippen molar-refractivity contribution in [2.45, 2.75) is 19.9 Å². The van der Waals surface area contributed by atoms with Gasteiger partial charge in [-0.3, -0.25) is 4.90 Å². The monoisotopic (exact) mass is 245 g/mol. The fourth-order valence-corrected chi connectivity index (χ4v) is 2.47. The molecule has 5 nitrogen and oxygen atoms in total. The minimum atomic E-state index is 0.481. The highest BCUT2D eigenvalue weighted by molar-refractivity contribution is 5.59. The SMILES string of the molecule is CCN1CCN(c2ncc(N)cc2C#N)CC1C. The second-order valence-corrected chi connectivity index (χ2v) is 4.68. The largest absolute Gasteiger partial charge is 0.397 e. The number of nitrogens with two attached hydrogens (primary N) is 1. The van der Waals surface area contributed by atoms with Gasteiger partial charge in [0.1, 0.15) is 11.9 Å². The van der Waals surface area contributed by atoms with Crippen molar-refractivity contribution in [2.24, 2.45) is 0 Å². The van der Waals surface area contributed by atoms with Crippen molar-refractivity contribution in [2.75, 3.05) is 36.8 Å². The number of anilines is 2. The molecular formula is C13H19N5. The molecule has 0 aromatic carbocycles. The molecule has 0 amide bonds. The Morgan fingerprint density at radius 2 is 2.33 bits per heavy atom. The number of nitrogens with zero attached hydrogens (tertiary/aromatic N) is 4. The van der Waals surface area contributed by atoms with Gasteiger partial charge in [0, 0.05) is 25.7 Å². The molecule has 1 saturated heterocycles. The highest BCUT2D eigenvalue weighted by atomic mass is 15.3. The van der Waals surface area contributed by atoms with Crippen LogP contribution >= 0.6 is 0 Å². The summed E-state index contributed by atoms with van der Waals surface area (Å²) in [6.07, 6.45) is 1.62. The van der Waals surface area contributed by atoms with E-state index in [4.69, 9.17) is 11.0 Å². The molecule has 1 aromatic rings. The lowest BCUT2D eigenvalue weighted by molar-refractivity contribution is 0.199. The Kier molecular flexibility index (Phi) is 3.68. The summed E-state index contributed by atoms with van der Waals surface area (Å²) in [7, 11) is 0. The Bertz CT molecular complexity index is 465. The van der Waals surface area contributed by atoms with E-state index in [-0.39, 0.29) is 0 Å². The topological polar surface area (TPSA) is 69.2 Å². The predicted molar refractivity (Wildman–Crippen MR) is 72.3 cm³/mol. The van der Waals surface area contributed by atoms with Crippen molar-refractivity contribution < 1.29 is 0 Å². The average Bonchev–Trinajstić information content (AvgIpc) is 2.38. The van der Waals surface area contributed by atoms with Crippen molar-refractivity contribution >= 4 is 11.5 Å². The normalized spacial score (nSPS) is 20.7. The van der Waals surface area contributed by atoms with Gasteiger partial charge in [0.2, 0.25) is 0 Å². The molecule has 0 saturated carbocycles. The molecule has 5 heteroatoms. The molecule has 96 valence electrons. The molecule has 1 fully saturated rings. The summed E-state index contributed by atoms with van der Waals surface area (Å²) in [5, 5.41) is 9.15. The predicted octanol–water partition coefficient (Wildman–Crippen LogP) is 1.07. The number of hydrogen-bond acceptors (Lipinski definition) is 5. The highest BCUT2D eigenvalue weighted by Gasteiger charge is 2.24. The third-order valence-corrected chi connectivity index (χ3v) is 3.48. The van der Waals surface area contributed by atoms with E-state index in [0.717, 1.165) is 32.0 Å². The first-order valence-electron chi connectivity index (χ1n) is 6.30. The van der Waals surface area contributed by atoms with Crippen LogP contribution in [0.15, 0.2) is 12.3 Å². The lowest BCUT2D eigenvalue weighted by Crippen LogP contribution is -2.52. The summed E-state index contributed by atoms with van der Waals surface area (Å²) in [4.78, 5) is 8.92. The number of nitrogen functional groups attached to an aromatic ring is 1. The number of hydrogen-bond donors (Lipinski definition) is 1. The number of aromatic nitrogens is 1. The van der Waals surface area contributed by atoms with Crippen molar-refractivity contribution in [3.05, 3.63) is 17.8 Å². The zero-order valence-corrected chi connectivity index (χ0v) is 10.9. The van der Waals surface area contributed by atoms with Gasteiger partial charge in [-0.1, -0.05) is 6.92 Å². The van der Waals surface area contributed by atoms with Crippen LogP contribution in [0, 0.1) is 11.3 Å². The van der Waals surface area contributed by atoms with Crippen LogP contribution in [0.4, 0.5) is 11.5 Å². The minimum Gasteiger partial charge on any atom is -0.397 e. The van der Waals surface area contributed by atoms with Gasteiger partial charge in [0.15, 0.2) is 0 Å². The van der Waals surface area contributed by atoms with Crippen LogP contribution in [-0.2, 0) is 0 Å². The van der Waals surface area contributed by atoms with Gasteiger partial charge in [0.05, 0.1) is 17.4 Å². The van der Waals surface area contributed by atoms with E-state index in [1.807, 2.05) is 0 Å². The first kappa shape index (κ1) is 12.7. The fraction of sp³-hybridized carbons (Fsp3) is 0.538. The van der Waals surface area contributed by atoms with Crippen LogP contribution in [-0.4, -0.2) is 42.1 Å². The zero-order valence-electron chi connectivity index (χ0n) is 10.9. The minimum absolute atomic E-state index is 0.481. The van der Waals surface area contributed by atoms with Crippen LogP contribution in [0.5, 0.6) is 0 Å². The summed E-state index contributed by atoms with van der Waals surface area (Å²) in [5.41, 5.74) is 6.76. The number of nitriles is 1. The summed E-state index contributed by atoms with van der Waals surface area (Å²) >= 11 is 0. The van der Waals surface area contributed by atoms with Gasteiger partial charge in [-0.05, 0) is 19.5 Å². The van der Waals surface area contributed by atoms with Crippen LogP contribution in [0.2, 0.25) is 0 Å². The molecule has 18 heavy (non-hydrogen) atoms. The van der Waals surface area contributed by atoms with Gasteiger partial charge in [0.25, 0.3) is 0 Å². The fourth-order valence-electron chi connectivity index (χ4n) is 2.47. The molecule has 1 aliphatic rings. The summed E-state index contributed by atoms with van der Waals surface area (Å²) in [6.45, 7) is 8.26. The van der Waals surface area contributed by atoms with Gasteiger partial charge >= 0.3 is 0 Å². The Morgan fingerprint density at radius 3 is 2.94 bits per heavy atom. The maximum atomic E-state index is 9.15. The molecule has 1 aliphatic heterocycles. The number of likely N-dealkylation sites (N-methyl/N-ethyl adjacent to an activating group) is 1. The molecule has 2 heterocycles. The zero-order chi connectivity index (χ0) is 13.1. The molecule has 1 aromatic heterocycles. The number of rotatable bonds is 2. The van der Waals surface area contributed by atoms with Crippen molar-refractivity contribution in [3.8, 4) is 6.07 Å². The third kappa shape index (κ3) is 2.39. The Morgan fingerprint density at radius 1 is 1.56 bits per heavy atom. The molecule has 0 bridgehead atoms. The number of pyridine rings is 1. The molecule has 0 radical (unpaired) electrons. The lowest BCUT2D eigenvalue weighted by Gasteiger charge is -2.40.